The minimum Gasteiger partial charge on any atom is -0.373 e. The van der Waals surface area contributed by atoms with Gasteiger partial charge in [0.25, 0.3) is 11.0 Å². The van der Waals surface area contributed by atoms with Crippen LogP contribution in [0.15, 0.2) is 0 Å². The van der Waals surface area contributed by atoms with E-state index in [1.54, 1.807) is 20.8 Å². The summed E-state index contributed by atoms with van der Waals surface area (Å²) in [5.74, 6) is 0.0917. The number of thiol groups is 1. The van der Waals surface area contributed by atoms with Gasteiger partial charge in [0.05, 0.1) is 19.3 Å². The summed E-state index contributed by atoms with van der Waals surface area (Å²) in [6.45, 7) is 5.83. The average Bonchev–Trinajstić information content (AvgIpc) is 3.10. The molecule has 0 aromatic carbocycles. The molecule has 0 aromatic rings. The number of nitrogens with one attached hydrogen (secondary N) is 2. The second kappa shape index (κ2) is 8.46. The van der Waals surface area contributed by atoms with Gasteiger partial charge in [-0.15, -0.1) is 0 Å². The molecule has 2 fully saturated rings. The standard InChI is InChI=1S/C16H28N2O6S/c1-16(2,3)15(20)18-9-12(19)17-6-7-23-13-10-4-5-11(8-10)14(13)24-25(21)22/h10-11,13-14,25H,4-9H2,1-3H3,(H,17,19)(H,18,20). The molecular formula is C16H28N2O6S. The first-order valence-electron chi connectivity index (χ1n) is 8.66. The second-order valence-corrected chi connectivity index (χ2v) is 8.40. The number of carbonyl (C=O) groups is 2. The number of fused-ring (bicyclic) bond motifs is 2. The lowest BCUT2D eigenvalue weighted by Gasteiger charge is -2.29. The lowest BCUT2D eigenvalue weighted by molar-refractivity contribution is -0.131. The molecule has 2 aliphatic rings. The van der Waals surface area contributed by atoms with Gasteiger partial charge < -0.3 is 15.4 Å². The third kappa shape index (κ3) is 5.65. The number of carbonyl (C=O) groups excluding carboxylic acids is 2. The van der Waals surface area contributed by atoms with E-state index in [1.807, 2.05) is 0 Å². The zero-order chi connectivity index (χ0) is 18.6. The molecule has 9 heteroatoms. The molecule has 2 N–H and O–H groups in total. The highest BCUT2D eigenvalue weighted by Crippen LogP contribution is 2.47. The van der Waals surface area contributed by atoms with Crippen molar-refractivity contribution in [1.82, 2.24) is 10.6 Å². The third-order valence-electron chi connectivity index (χ3n) is 4.80. The van der Waals surface area contributed by atoms with Crippen LogP contribution in [-0.4, -0.2) is 52.1 Å². The minimum atomic E-state index is -2.89. The van der Waals surface area contributed by atoms with E-state index < -0.39 is 22.5 Å². The van der Waals surface area contributed by atoms with Gasteiger partial charge in [-0.1, -0.05) is 20.8 Å². The second-order valence-electron chi connectivity index (χ2n) is 7.74. The van der Waals surface area contributed by atoms with Crippen molar-refractivity contribution >= 4 is 22.8 Å². The summed E-state index contributed by atoms with van der Waals surface area (Å²) in [5.41, 5.74) is -0.539. The van der Waals surface area contributed by atoms with E-state index in [1.165, 1.54) is 0 Å². The highest BCUT2D eigenvalue weighted by atomic mass is 32.2. The first kappa shape index (κ1) is 20.1. The fraction of sp³-hybridized carbons (Fsp3) is 0.875. The quantitative estimate of drug-likeness (QED) is 0.406. The molecule has 0 saturated heterocycles. The van der Waals surface area contributed by atoms with Crippen LogP contribution in [0.3, 0.4) is 0 Å². The minimum absolute atomic E-state index is 0.0768. The molecule has 0 spiro atoms. The van der Waals surface area contributed by atoms with Gasteiger partial charge in [0, 0.05) is 12.0 Å². The van der Waals surface area contributed by atoms with Crippen molar-refractivity contribution in [3.63, 3.8) is 0 Å². The molecule has 8 nitrogen and oxygen atoms in total. The average molecular weight is 376 g/mol. The van der Waals surface area contributed by atoms with Gasteiger partial charge in [0.1, 0.15) is 6.10 Å². The fourth-order valence-corrected chi connectivity index (χ4v) is 4.03. The van der Waals surface area contributed by atoms with E-state index >= 15 is 0 Å². The van der Waals surface area contributed by atoms with Crippen molar-refractivity contribution in [3.8, 4) is 0 Å². The summed E-state index contributed by atoms with van der Waals surface area (Å²) in [7, 11) is -2.89. The molecule has 4 unspecified atom stereocenters. The number of rotatable bonds is 8. The van der Waals surface area contributed by atoms with Crippen molar-refractivity contribution in [2.75, 3.05) is 19.7 Å². The van der Waals surface area contributed by atoms with Crippen LogP contribution in [-0.2, 0) is 29.5 Å². The van der Waals surface area contributed by atoms with E-state index in [-0.39, 0.29) is 37.0 Å². The molecule has 144 valence electrons. The van der Waals surface area contributed by atoms with Crippen LogP contribution in [0.1, 0.15) is 40.0 Å². The zero-order valence-electron chi connectivity index (χ0n) is 14.9. The molecule has 2 saturated carbocycles. The SMILES string of the molecule is CC(C)(C)C(=O)NCC(=O)NCCOC1C2CCC(C2)C1O[SH](=O)=O. The van der Waals surface area contributed by atoms with Crippen LogP contribution in [0.2, 0.25) is 0 Å². The molecule has 0 heterocycles. The summed E-state index contributed by atoms with van der Waals surface area (Å²) < 4.78 is 32.5. The van der Waals surface area contributed by atoms with Gasteiger partial charge in [0.2, 0.25) is 11.8 Å². The maximum Gasteiger partial charge on any atom is 0.257 e. The molecule has 0 radical (unpaired) electrons. The monoisotopic (exact) mass is 376 g/mol. The van der Waals surface area contributed by atoms with E-state index in [0.29, 0.717) is 12.5 Å². The predicted molar refractivity (Wildman–Crippen MR) is 91.2 cm³/mol. The van der Waals surface area contributed by atoms with Crippen molar-refractivity contribution in [3.05, 3.63) is 0 Å². The van der Waals surface area contributed by atoms with Crippen LogP contribution in [0, 0.1) is 17.3 Å². The maximum atomic E-state index is 11.7. The lowest BCUT2D eigenvalue weighted by atomic mass is 9.95. The molecule has 2 aliphatic carbocycles. The maximum absolute atomic E-state index is 11.7. The van der Waals surface area contributed by atoms with Crippen LogP contribution in [0.5, 0.6) is 0 Å². The number of hydrogen-bond acceptors (Lipinski definition) is 6. The molecule has 25 heavy (non-hydrogen) atoms. The van der Waals surface area contributed by atoms with E-state index in [2.05, 4.69) is 10.6 Å². The van der Waals surface area contributed by atoms with Gasteiger partial charge >= 0.3 is 0 Å². The Morgan fingerprint density at radius 2 is 1.72 bits per heavy atom. The Kier molecular flexibility index (Phi) is 6.81. The Balaban J connectivity index is 1.67. The van der Waals surface area contributed by atoms with Gasteiger partial charge in [-0.05, 0) is 31.1 Å². The van der Waals surface area contributed by atoms with Gasteiger partial charge in [-0.2, -0.15) is 0 Å². The smallest absolute Gasteiger partial charge is 0.257 e. The summed E-state index contributed by atoms with van der Waals surface area (Å²) in [6.07, 6.45) is 2.30. The number of hydrogen-bond donors (Lipinski definition) is 3. The molecule has 4 atom stereocenters. The number of ether oxygens (including phenoxy) is 1. The number of amides is 2. The normalized spacial score (nSPS) is 28.3. The topological polar surface area (TPSA) is 111 Å². The van der Waals surface area contributed by atoms with Gasteiger partial charge in [-0.3, -0.25) is 13.8 Å². The Bertz CT molecular complexity index is 563. The molecule has 2 amide bonds. The summed E-state index contributed by atoms with van der Waals surface area (Å²) in [5, 5.41) is 5.25. The Morgan fingerprint density at radius 1 is 1.08 bits per heavy atom. The van der Waals surface area contributed by atoms with E-state index in [9.17, 15) is 18.0 Å². The van der Waals surface area contributed by atoms with Crippen molar-refractivity contribution in [2.24, 2.45) is 17.3 Å². The highest BCUT2D eigenvalue weighted by Gasteiger charge is 2.49. The molecule has 2 bridgehead atoms. The largest absolute Gasteiger partial charge is 0.373 e. The zero-order valence-corrected chi connectivity index (χ0v) is 15.8. The third-order valence-corrected chi connectivity index (χ3v) is 5.22. The van der Waals surface area contributed by atoms with Crippen LogP contribution in [0.25, 0.3) is 0 Å². The molecular weight excluding hydrogens is 348 g/mol. The highest BCUT2D eigenvalue weighted by molar-refractivity contribution is 7.67. The van der Waals surface area contributed by atoms with E-state index in [0.717, 1.165) is 19.3 Å². The molecule has 0 aromatic heterocycles. The van der Waals surface area contributed by atoms with Gasteiger partial charge in [0.15, 0.2) is 0 Å². The van der Waals surface area contributed by atoms with Crippen molar-refractivity contribution < 1.29 is 26.9 Å². The summed E-state index contributed by atoms with van der Waals surface area (Å²) >= 11 is 0. The molecule has 0 aliphatic heterocycles. The summed E-state index contributed by atoms with van der Waals surface area (Å²) in [6, 6.07) is 0. The lowest BCUT2D eigenvalue weighted by Crippen LogP contribution is -2.43. The van der Waals surface area contributed by atoms with Crippen LogP contribution in [0.4, 0.5) is 0 Å². The fourth-order valence-electron chi connectivity index (χ4n) is 3.54. The van der Waals surface area contributed by atoms with Crippen molar-refractivity contribution in [2.45, 2.75) is 52.2 Å². The Morgan fingerprint density at radius 3 is 2.32 bits per heavy atom. The first-order chi connectivity index (χ1) is 11.7. The Labute approximate surface area is 150 Å². The molecule has 2 rings (SSSR count). The Hall–Kier alpha value is -1.19. The van der Waals surface area contributed by atoms with E-state index in [4.69, 9.17) is 8.92 Å². The first-order valence-corrected chi connectivity index (χ1v) is 9.76. The van der Waals surface area contributed by atoms with Crippen LogP contribution < -0.4 is 10.6 Å². The predicted octanol–water partition coefficient (Wildman–Crippen LogP) is -0.00840. The van der Waals surface area contributed by atoms with Gasteiger partial charge in [-0.25, -0.2) is 8.42 Å². The van der Waals surface area contributed by atoms with Crippen LogP contribution >= 0.6 is 0 Å². The van der Waals surface area contributed by atoms with Crippen molar-refractivity contribution in [1.29, 1.82) is 0 Å². The summed E-state index contributed by atoms with van der Waals surface area (Å²) in [4.78, 5) is 23.4.